The zero-order chi connectivity index (χ0) is 19.4. The smallest absolute Gasteiger partial charge is 0.261 e. The third kappa shape index (κ3) is 4.42. The molecule has 0 aromatic heterocycles. The molecule has 1 N–H and O–H groups in total. The number of rotatable bonds is 7. The van der Waals surface area contributed by atoms with E-state index in [-0.39, 0.29) is 10.8 Å². The largest absolute Gasteiger partial charge is 0.493 e. The number of benzene rings is 2. The number of carbonyl (C=O) groups is 1. The molecule has 0 radical (unpaired) electrons. The van der Waals surface area contributed by atoms with Crippen molar-refractivity contribution >= 4 is 27.3 Å². The molecule has 0 spiro atoms. The van der Waals surface area contributed by atoms with Gasteiger partial charge in [0, 0.05) is 18.7 Å². The zero-order valence-corrected chi connectivity index (χ0v) is 16.4. The lowest BCUT2D eigenvalue weighted by Gasteiger charge is -2.17. The Morgan fingerprint density at radius 3 is 2.67 bits per heavy atom. The second kappa shape index (κ2) is 8.00. The average Bonchev–Trinajstić information content (AvgIpc) is 3.06. The molecule has 0 atom stereocenters. The van der Waals surface area contributed by atoms with Crippen LogP contribution >= 0.6 is 0 Å². The van der Waals surface area contributed by atoms with Crippen LogP contribution in [0, 0.1) is 6.92 Å². The van der Waals surface area contributed by atoms with Crippen LogP contribution < -0.4 is 14.4 Å². The number of carbonyl (C=O) groups excluding carboxylic acids is 1. The summed E-state index contributed by atoms with van der Waals surface area (Å²) < 4.78 is 33.7. The van der Waals surface area contributed by atoms with Crippen LogP contribution in [0.3, 0.4) is 0 Å². The van der Waals surface area contributed by atoms with Gasteiger partial charge in [0.1, 0.15) is 5.75 Å². The highest BCUT2D eigenvalue weighted by atomic mass is 32.2. The van der Waals surface area contributed by atoms with E-state index < -0.39 is 10.0 Å². The molecule has 0 bridgehead atoms. The van der Waals surface area contributed by atoms with Gasteiger partial charge in [0.25, 0.3) is 10.0 Å². The molecule has 1 fully saturated rings. The first-order valence-electron chi connectivity index (χ1n) is 9.07. The number of aryl methyl sites for hydroxylation is 1. The quantitative estimate of drug-likeness (QED) is 0.784. The van der Waals surface area contributed by atoms with Gasteiger partial charge in [-0.15, -0.1) is 0 Å². The second-order valence-corrected chi connectivity index (χ2v) is 8.26. The molecule has 2 aromatic rings. The van der Waals surface area contributed by atoms with Crippen molar-refractivity contribution in [3.63, 3.8) is 0 Å². The van der Waals surface area contributed by atoms with Gasteiger partial charge in [-0.2, -0.15) is 0 Å². The summed E-state index contributed by atoms with van der Waals surface area (Å²) in [6.45, 7) is 5.09. The molecule has 27 heavy (non-hydrogen) atoms. The fraction of sp³-hybridized carbons (Fsp3) is 0.350. The van der Waals surface area contributed by atoms with Crippen molar-refractivity contribution in [3.05, 3.63) is 48.0 Å². The molecule has 1 aliphatic heterocycles. The summed E-state index contributed by atoms with van der Waals surface area (Å²) in [4.78, 5) is 13.8. The summed E-state index contributed by atoms with van der Waals surface area (Å²) in [5.74, 6) is 0.749. The first kappa shape index (κ1) is 19.2. The summed E-state index contributed by atoms with van der Waals surface area (Å²) in [5, 5.41) is 0. The molecule has 0 aliphatic carbocycles. The standard InChI is InChI=1S/C20H24N2O4S/c1-3-12-26-19-10-9-18(13-15(19)2)27(24,25)21-16-6-4-7-17(14-16)22-11-5-8-20(22)23/h4,6-7,9-10,13-14,21H,3,5,8,11-12H2,1-2H3. The fourth-order valence-corrected chi connectivity index (χ4v) is 4.17. The number of nitrogens with one attached hydrogen (secondary N) is 1. The van der Waals surface area contributed by atoms with Crippen LogP contribution in [0.25, 0.3) is 0 Å². The predicted molar refractivity (Wildman–Crippen MR) is 106 cm³/mol. The van der Waals surface area contributed by atoms with E-state index in [1.54, 1.807) is 35.2 Å². The first-order valence-corrected chi connectivity index (χ1v) is 10.6. The van der Waals surface area contributed by atoms with Crippen molar-refractivity contribution in [2.75, 3.05) is 22.8 Å². The molecule has 6 nitrogen and oxygen atoms in total. The van der Waals surface area contributed by atoms with Crippen LogP contribution in [0.1, 0.15) is 31.7 Å². The predicted octanol–water partition coefficient (Wildman–Crippen LogP) is 3.71. The van der Waals surface area contributed by atoms with Gasteiger partial charge in [-0.1, -0.05) is 13.0 Å². The van der Waals surface area contributed by atoms with Gasteiger partial charge in [-0.05, 0) is 61.7 Å². The minimum Gasteiger partial charge on any atom is -0.493 e. The van der Waals surface area contributed by atoms with Crippen molar-refractivity contribution in [3.8, 4) is 5.75 Å². The number of anilines is 2. The monoisotopic (exact) mass is 388 g/mol. The van der Waals surface area contributed by atoms with E-state index in [4.69, 9.17) is 4.74 Å². The molecule has 144 valence electrons. The van der Waals surface area contributed by atoms with Gasteiger partial charge in [-0.3, -0.25) is 9.52 Å². The number of sulfonamides is 1. The molecule has 2 aromatic carbocycles. The molecule has 0 saturated carbocycles. The Kier molecular flexibility index (Phi) is 5.70. The van der Waals surface area contributed by atoms with Gasteiger partial charge in [0.15, 0.2) is 0 Å². The average molecular weight is 388 g/mol. The Bertz CT molecular complexity index is 941. The van der Waals surface area contributed by atoms with Crippen LogP contribution in [-0.2, 0) is 14.8 Å². The SMILES string of the molecule is CCCOc1ccc(S(=O)(=O)Nc2cccc(N3CCCC3=O)c2)cc1C. The van der Waals surface area contributed by atoms with Gasteiger partial charge >= 0.3 is 0 Å². The van der Waals surface area contributed by atoms with Crippen LogP contribution in [0.15, 0.2) is 47.4 Å². The number of nitrogens with zero attached hydrogens (tertiary/aromatic N) is 1. The number of hydrogen-bond acceptors (Lipinski definition) is 4. The van der Waals surface area contributed by atoms with Crippen molar-refractivity contribution in [1.29, 1.82) is 0 Å². The van der Waals surface area contributed by atoms with Gasteiger partial charge < -0.3 is 9.64 Å². The van der Waals surface area contributed by atoms with Crippen molar-refractivity contribution in [2.45, 2.75) is 38.0 Å². The lowest BCUT2D eigenvalue weighted by atomic mass is 10.2. The number of ether oxygens (including phenoxy) is 1. The molecule has 0 unspecified atom stereocenters. The van der Waals surface area contributed by atoms with E-state index in [1.807, 2.05) is 19.9 Å². The summed E-state index contributed by atoms with van der Waals surface area (Å²) in [5.41, 5.74) is 1.90. The molecule has 7 heteroatoms. The van der Waals surface area contributed by atoms with Crippen molar-refractivity contribution < 1.29 is 17.9 Å². The zero-order valence-electron chi connectivity index (χ0n) is 15.6. The fourth-order valence-electron chi connectivity index (χ4n) is 3.04. The topological polar surface area (TPSA) is 75.7 Å². The lowest BCUT2D eigenvalue weighted by Crippen LogP contribution is -2.23. The maximum absolute atomic E-state index is 12.7. The molecular weight excluding hydrogens is 364 g/mol. The lowest BCUT2D eigenvalue weighted by molar-refractivity contribution is -0.117. The van der Waals surface area contributed by atoms with Crippen molar-refractivity contribution in [1.82, 2.24) is 0 Å². The summed E-state index contributed by atoms with van der Waals surface area (Å²) >= 11 is 0. The third-order valence-corrected chi connectivity index (χ3v) is 5.78. The Labute approximate surface area is 160 Å². The van der Waals surface area contributed by atoms with Gasteiger partial charge in [-0.25, -0.2) is 8.42 Å². The van der Waals surface area contributed by atoms with Crippen LogP contribution in [-0.4, -0.2) is 27.5 Å². The minimum absolute atomic E-state index is 0.0632. The van der Waals surface area contributed by atoms with E-state index in [1.165, 1.54) is 6.07 Å². The summed E-state index contributed by atoms with van der Waals surface area (Å²) in [6, 6.07) is 11.7. The summed E-state index contributed by atoms with van der Waals surface area (Å²) in [6.07, 6.45) is 2.24. The normalized spacial score (nSPS) is 14.4. The van der Waals surface area contributed by atoms with Gasteiger partial charge in [0.2, 0.25) is 5.91 Å². The highest BCUT2D eigenvalue weighted by molar-refractivity contribution is 7.92. The van der Waals surface area contributed by atoms with Crippen LogP contribution in [0.2, 0.25) is 0 Å². The third-order valence-electron chi connectivity index (χ3n) is 4.40. The number of hydrogen-bond donors (Lipinski definition) is 1. The summed E-state index contributed by atoms with van der Waals surface area (Å²) in [7, 11) is -3.74. The van der Waals surface area contributed by atoms with E-state index in [2.05, 4.69) is 4.72 Å². The second-order valence-electron chi connectivity index (χ2n) is 6.58. The Balaban J connectivity index is 1.80. The number of amides is 1. The Hall–Kier alpha value is -2.54. The first-order chi connectivity index (χ1) is 12.9. The highest BCUT2D eigenvalue weighted by Crippen LogP contribution is 2.27. The molecule has 1 saturated heterocycles. The van der Waals surface area contributed by atoms with Crippen molar-refractivity contribution in [2.24, 2.45) is 0 Å². The molecule has 1 heterocycles. The maximum atomic E-state index is 12.7. The maximum Gasteiger partial charge on any atom is 0.261 e. The van der Waals surface area contributed by atoms with Gasteiger partial charge in [0.05, 0.1) is 17.2 Å². The van der Waals surface area contributed by atoms with E-state index >= 15 is 0 Å². The Morgan fingerprint density at radius 1 is 1.19 bits per heavy atom. The van der Waals surface area contributed by atoms with Crippen LogP contribution in [0.4, 0.5) is 11.4 Å². The van der Waals surface area contributed by atoms with Crippen LogP contribution in [0.5, 0.6) is 5.75 Å². The minimum atomic E-state index is -3.74. The highest BCUT2D eigenvalue weighted by Gasteiger charge is 2.22. The van der Waals surface area contributed by atoms with E-state index in [0.717, 1.165) is 18.4 Å². The molecular formula is C20H24N2O4S. The molecule has 1 amide bonds. The molecule has 1 aliphatic rings. The molecule has 3 rings (SSSR count). The Morgan fingerprint density at radius 2 is 2.00 bits per heavy atom. The van der Waals surface area contributed by atoms with E-state index in [9.17, 15) is 13.2 Å². The van der Waals surface area contributed by atoms with E-state index in [0.29, 0.717) is 36.7 Å².